The van der Waals surface area contributed by atoms with Crippen molar-refractivity contribution in [2.45, 2.75) is 18.4 Å². The number of sulfonamides is 1. The van der Waals surface area contributed by atoms with Crippen LogP contribution in [-0.2, 0) is 16.6 Å². The van der Waals surface area contributed by atoms with Crippen molar-refractivity contribution in [3.63, 3.8) is 0 Å². The maximum atomic E-state index is 13.9. The second-order valence-electron chi connectivity index (χ2n) is 4.35. The SMILES string of the molecule is CNCc1cc(F)c(C)c(S(=O)(=O)Nc2ccsc2)c1. The first-order valence-electron chi connectivity index (χ1n) is 5.92. The Hall–Kier alpha value is -1.44. The van der Waals surface area contributed by atoms with Gasteiger partial charge >= 0.3 is 0 Å². The molecule has 0 aliphatic heterocycles. The predicted octanol–water partition coefficient (Wildman–Crippen LogP) is 2.72. The summed E-state index contributed by atoms with van der Waals surface area (Å²) in [5.41, 5.74) is 1.18. The lowest BCUT2D eigenvalue weighted by Gasteiger charge is -2.12. The Morgan fingerprint density at radius 2 is 2.10 bits per heavy atom. The molecule has 0 fully saturated rings. The van der Waals surface area contributed by atoms with E-state index < -0.39 is 15.8 Å². The van der Waals surface area contributed by atoms with Crippen LogP contribution in [0.25, 0.3) is 0 Å². The van der Waals surface area contributed by atoms with Crippen molar-refractivity contribution >= 4 is 27.0 Å². The van der Waals surface area contributed by atoms with E-state index >= 15 is 0 Å². The third kappa shape index (κ3) is 3.17. The lowest BCUT2D eigenvalue weighted by atomic mass is 10.1. The number of thiophene rings is 1. The van der Waals surface area contributed by atoms with Crippen molar-refractivity contribution in [2.75, 3.05) is 11.8 Å². The molecule has 2 N–H and O–H groups in total. The maximum Gasteiger partial charge on any atom is 0.262 e. The zero-order valence-corrected chi connectivity index (χ0v) is 12.7. The van der Waals surface area contributed by atoms with Crippen LogP contribution in [0.15, 0.2) is 33.9 Å². The van der Waals surface area contributed by atoms with E-state index in [1.54, 1.807) is 23.9 Å². The van der Waals surface area contributed by atoms with Gasteiger partial charge in [-0.2, -0.15) is 11.3 Å². The van der Waals surface area contributed by atoms with Crippen molar-refractivity contribution in [1.82, 2.24) is 5.32 Å². The highest BCUT2D eigenvalue weighted by atomic mass is 32.2. The maximum absolute atomic E-state index is 13.9. The Bertz CT molecular complexity index is 697. The number of halogens is 1. The summed E-state index contributed by atoms with van der Waals surface area (Å²) < 4.78 is 41.0. The highest BCUT2D eigenvalue weighted by molar-refractivity contribution is 7.92. The second-order valence-corrected chi connectivity index (χ2v) is 6.78. The summed E-state index contributed by atoms with van der Waals surface area (Å²) >= 11 is 1.38. The number of hydrogen-bond acceptors (Lipinski definition) is 4. The molecule has 0 radical (unpaired) electrons. The van der Waals surface area contributed by atoms with E-state index in [0.29, 0.717) is 17.8 Å². The Morgan fingerprint density at radius 1 is 1.35 bits per heavy atom. The molecule has 0 spiro atoms. The molecule has 0 aliphatic rings. The van der Waals surface area contributed by atoms with E-state index in [-0.39, 0.29) is 10.5 Å². The molecule has 1 aromatic heterocycles. The molecule has 1 heterocycles. The van der Waals surface area contributed by atoms with Gasteiger partial charge in [-0.25, -0.2) is 12.8 Å². The Labute approximate surface area is 121 Å². The van der Waals surface area contributed by atoms with Crippen molar-refractivity contribution in [3.8, 4) is 0 Å². The van der Waals surface area contributed by atoms with Gasteiger partial charge in [0.2, 0.25) is 0 Å². The van der Waals surface area contributed by atoms with Gasteiger partial charge in [0.15, 0.2) is 0 Å². The number of rotatable bonds is 5. The molecule has 2 aromatic rings. The summed E-state index contributed by atoms with van der Waals surface area (Å²) in [5, 5.41) is 6.32. The van der Waals surface area contributed by atoms with Gasteiger partial charge in [-0.3, -0.25) is 4.72 Å². The van der Waals surface area contributed by atoms with Crippen molar-refractivity contribution in [3.05, 3.63) is 45.9 Å². The molecule has 0 saturated heterocycles. The standard InChI is InChI=1S/C13H15FN2O2S2/c1-9-12(14)5-10(7-15-2)6-13(9)20(17,18)16-11-3-4-19-8-11/h3-6,8,15-16H,7H2,1-2H3. The molecule has 0 atom stereocenters. The lowest BCUT2D eigenvalue weighted by Crippen LogP contribution is -2.16. The highest BCUT2D eigenvalue weighted by Gasteiger charge is 2.20. The fourth-order valence-electron chi connectivity index (χ4n) is 1.82. The first-order chi connectivity index (χ1) is 9.44. The summed E-state index contributed by atoms with van der Waals surface area (Å²) in [6.07, 6.45) is 0. The third-order valence-electron chi connectivity index (χ3n) is 2.80. The Balaban J connectivity index is 2.44. The number of nitrogens with one attached hydrogen (secondary N) is 2. The summed E-state index contributed by atoms with van der Waals surface area (Å²) in [7, 11) is -2.07. The van der Waals surface area contributed by atoms with Crippen LogP contribution >= 0.6 is 11.3 Å². The Morgan fingerprint density at radius 3 is 2.70 bits per heavy atom. The molecule has 1 aromatic carbocycles. The molecule has 20 heavy (non-hydrogen) atoms. The number of hydrogen-bond donors (Lipinski definition) is 2. The summed E-state index contributed by atoms with van der Waals surface area (Å²) in [4.78, 5) is -0.0334. The summed E-state index contributed by atoms with van der Waals surface area (Å²) in [5.74, 6) is -0.525. The van der Waals surface area contributed by atoms with E-state index in [2.05, 4.69) is 10.0 Å². The van der Waals surface area contributed by atoms with Crippen LogP contribution < -0.4 is 10.0 Å². The van der Waals surface area contributed by atoms with E-state index in [1.165, 1.54) is 30.4 Å². The molecule has 0 saturated carbocycles. The topological polar surface area (TPSA) is 58.2 Å². The molecule has 0 bridgehead atoms. The monoisotopic (exact) mass is 314 g/mol. The molecule has 0 amide bonds. The van der Waals surface area contributed by atoms with Crippen LogP contribution in [0.5, 0.6) is 0 Å². The lowest BCUT2D eigenvalue weighted by molar-refractivity contribution is 0.588. The predicted molar refractivity (Wildman–Crippen MR) is 79.0 cm³/mol. The fourth-order valence-corrected chi connectivity index (χ4v) is 3.84. The van der Waals surface area contributed by atoms with Crippen LogP contribution in [0.4, 0.5) is 10.1 Å². The molecular formula is C13H15FN2O2S2. The third-order valence-corrected chi connectivity index (χ3v) is 4.99. The quantitative estimate of drug-likeness (QED) is 0.892. The molecule has 0 aliphatic carbocycles. The van der Waals surface area contributed by atoms with E-state index in [9.17, 15) is 12.8 Å². The molecular weight excluding hydrogens is 299 g/mol. The van der Waals surface area contributed by atoms with E-state index in [4.69, 9.17) is 0 Å². The second kappa shape index (κ2) is 5.90. The first kappa shape index (κ1) is 15.0. The van der Waals surface area contributed by atoms with Crippen LogP contribution in [0.1, 0.15) is 11.1 Å². The largest absolute Gasteiger partial charge is 0.316 e. The van der Waals surface area contributed by atoms with Gasteiger partial charge in [0, 0.05) is 17.5 Å². The fraction of sp³-hybridized carbons (Fsp3) is 0.231. The molecule has 4 nitrogen and oxygen atoms in total. The zero-order valence-electron chi connectivity index (χ0n) is 11.1. The summed E-state index contributed by atoms with van der Waals surface area (Å²) in [6.45, 7) is 1.86. The zero-order chi connectivity index (χ0) is 14.8. The average molecular weight is 314 g/mol. The normalized spacial score (nSPS) is 11.6. The van der Waals surface area contributed by atoms with Crippen LogP contribution in [0, 0.1) is 12.7 Å². The first-order valence-corrected chi connectivity index (χ1v) is 8.35. The molecule has 2 rings (SSSR count). The minimum absolute atomic E-state index is 0.0334. The van der Waals surface area contributed by atoms with E-state index in [0.717, 1.165) is 0 Å². The van der Waals surface area contributed by atoms with Crippen LogP contribution in [0.3, 0.4) is 0 Å². The van der Waals surface area contributed by atoms with Gasteiger partial charge in [0.25, 0.3) is 10.0 Å². The molecule has 7 heteroatoms. The van der Waals surface area contributed by atoms with E-state index in [1.807, 2.05) is 0 Å². The minimum Gasteiger partial charge on any atom is -0.316 e. The number of anilines is 1. The van der Waals surface area contributed by atoms with Crippen LogP contribution in [-0.4, -0.2) is 15.5 Å². The van der Waals surface area contributed by atoms with Crippen molar-refractivity contribution in [1.29, 1.82) is 0 Å². The minimum atomic E-state index is -3.79. The Kier molecular flexibility index (Phi) is 4.42. The van der Waals surface area contributed by atoms with Crippen molar-refractivity contribution in [2.24, 2.45) is 0 Å². The highest BCUT2D eigenvalue weighted by Crippen LogP contribution is 2.24. The van der Waals surface area contributed by atoms with Gasteiger partial charge in [0.05, 0.1) is 10.6 Å². The summed E-state index contributed by atoms with van der Waals surface area (Å²) in [6, 6.07) is 4.49. The van der Waals surface area contributed by atoms with Gasteiger partial charge < -0.3 is 5.32 Å². The van der Waals surface area contributed by atoms with Gasteiger partial charge in [-0.1, -0.05) is 0 Å². The smallest absolute Gasteiger partial charge is 0.262 e. The van der Waals surface area contributed by atoms with Gasteiger partial charge in [-0.05, 0) is 43.1 Å². The van der Waals surface area contributed by atoms with Gasteiger partial charge in [-0.15, -0.1) is 0 Å². The average Bonchev–Trinajstić information content (AvgIpc) is 2.85. The van der Waals surface area contributed by atoms with Crippen molar-refractivity contribution < 1.29 is 12.8 Å². The van der Waals surface area contributed by atoms with Crippen LogP contribution in [0.2, 0.25) is 0 Å². The molecule has 108 valence electrons. The number of benzene rings is 1. The molecule has 0 unspecified atom stereocenters. The van der Waals surface area contributed by atoms with Gasteiger partial charge in [0.1, 0.15) is 5.82 Å².